The smallest absolute Gasteiger partial charge is 0.0246 e. The second-order valence-electron chi connectivity index (χ2n) is 7.26. The maximum Gasteiger partial charge on any atom is 0.0246 e. The van der Waals surface area contributed by atoms with Crippen molar-refractivity contribution in [1.29, 1.82) is 0 Å². The van der Waals surface area contributed by atoms with E-state index in [1.165, 1.54) is 22.3 Å². The molecule has 21 heavy (non-hydrogen) atoms. The lowest BCUT2D eigenvalue weighted by molar-refractivity contribution is 0.0994. The van der Waals surface area contributed by atoms with Crippen molar-refractivity contribution < 1.29 is 0 Å². The van der Waals surface area contributed by atoms with Crippen molar-refractivity contribution in [3.63, 3.8) is 0 Å². The minimum atomic E-state index is 0.286. The highest BCUT2D eigenvalue weighted by Crippen LogP contribution is 2.35. The van der Waals surface area contributed by atoms with Crippen LogP contribution >= 0.6 is 0 Å². The molecular formula is C20H25N. The summed E-state index contributed by atoms with van der Waals surface area (Å²) in [4.78, 5) is 2.62. The van der Waals surface area contributed by atoms with Crippen LogP contribution in [0.1, 0.15) is 38.8 Å². The Morgan fingerprint density at radius 1 is 0.810 bits per heavy atom. The monoisotopic (exact) mass is 279 g/mol. The molecule has 1 aliphatic heterocycles. The fourth-order valence-corrected chi connectivity index (χ4v) is 3.16. The molecule has 1 aliphatic rings. The van der Waals surface area contributed by atoms with Gasteiger partial charge in [-0.05, 0) is 34.6 Å². The molecule has 0 bridgehead atoms. The van der Waals surface area contributed by atoms with Crippen molar-refractivity contribution in [2.24, 2.45) is 5.41 Å². The second kappa shape index (κ2) is 5.31. The van der Waals surface area contributed by atoms with Crippen molar-refractivity contribution in [1.82, 2.24) is 4.90 Å². The standard InChI is InChI=1S/C20H25N/c1-15(20(2,3)4)21-13-16-9-5-7-11-18(16)19-12-8-6-10-17(19)14-21/h5-12,15H,13-14H2,1-4H3. The van der Waals surface area contributed by atoms with Crippen molar-refractivity contribution in [3.8, 4) is 11.1 Å². The molecule has 0 aliphatic carbocycles. The second-order valence-corrected chi connectivity index (χ2v) is 7.26. The predicted molar refractivity (Wildman–Crippen MR) is 90.0 cm³/mol. The van der Waals surface area contributed by atoms with Gasteiger partial charge in [0.2, 0.25) is 0 Å². The zero-order chi connectivity index (χ0) is 15.0. The van der Waals surface area contributed by atoms with E-state index >= 15 is 0 Å². The van der Waals surface area contributed by atoms with E-state index in [0.717, 1.165) is 13.1 Å². The molecular weight excluding hydrogens is 254 g/mol. The molecule has 2 aromatic carbocycles. The topological polar surface area (TPSA) is 3.24 Å². The van der Waals surface area contributed by atoms with Crippen LogP contribution in [-0.2, 0) is 13.1 Å². The van der Waals surface area contributed by atoms with Crippen LogP contribution in [0.3, 0.4) is 0 Å². The highest BCUT2D eigenvalue weighted by Gasteiger charge is 2.29. The van der Waals surface area contributed by atoms with Gasteiger partial charge in [0.05, 0.1) is 0 Å². The maximum absolute atomic E-state index is 2.62. The lowest BCUT2D eigenvalue weighted by Gasteiger charge is -2.37. The largest absolute Gasteiger partial charge is 0.292 e. The number of hydrogen-bond acceptors (Lipinski definition) is 1. The van der Waals surface area contributed by atoms with Crippen molar-refractivity contribution in [2.75, 3.05) is 0 Å². The fraction of sp³-hybridized carbons (Fsp3) is 0.400. The number of benzene rings is 2. The fourth-order valence-electron chi connectivity index (χ4n) is 3.16. The van der Waals surface area contributed by atoms with Crippen molar-refractivity contribution in [3.05, 3.63) is 59.7 Å². The first-order chi connectivity index (χ1) is 9.97. The van der Waals surface area contributed by atoms with Gasteiger partial charge in [-0.1, -0.05) is 69.3 Å². The van der Waals surface area contributed by atoms with E-state index in [-0.39, 0.29) is 5.41 Å². The molecule has 0 spiro atoms. The third-order valence-electron chi connectivity index (χ3n) is 4.87. The minimum Gasteiger partial charge on any atom is -0.292 e. The first kappa shape index (κ1) is 14.3. The van der Waals surface area contributed by atoms with Gasteiger partial charge in [-0.3, -0.25) is 4.90 Å². The first-order valence-corrected chi connectivity index (χ1v) is 7.87. The normalized spacial score (nSPS) is 16.8. The summed E-state index contributed by atoms with van der Waals surface area (Å²) in [5, 5.41) is 0. The van der Waals surface area contributed by atoms with Crippen LogP contribution in [0.4, 0.5) is 0 Å². The number of hydrogen-bond donors (Lipinski definition) is 0. The van der Waals surface area contributed by atoms with Crippen LogP contribution in [-0.4, -0.2) is 10.9 Å². The number of rotatable bonds is 1. The van der Waals surface area contributed by atoms with Gasteiger partial charge in [0.1, 0.15) is 0 Å². The molecule has 0 radical (unpaired) electrons. The van der Waals surface area contributed by atoms with Gasteiger partial charge in [-0.2, -0.15) is 0 Å². The lowest BCUT2D eigenvalue weighted by Crippen LogP contribution is -2.40. The molecule has 1 heterocycles. The van der Waals surface area contributed by atoms with Crippen molar-refractivity contribution in [2.45, 2.75) is 46.8 Å². The summed E-state index contributed by atoms with van der Waals surface area (Å²) in [6, 6.07) is 18.2. The molecule has 0 aromatic heterocycles. The summed E-state index contributed by atoms with van der Waals surface area (Å²) in [6.45, 7) is 11.4. The highest BCUT2D eigenvalue weighted by atomic mass is 15.2. The quantitative estimate of drug-likeness (QED) is 0.701. The van der Waals surface area contributed by atoms with E-state index in [2.05, 4.69) is 81.1 Å². The Balaban J connectivity index is 2.09. The average molecular weight is 279 g/mol. The molecule has 0 fully saturated rings. The van der Waals surface area contributed by atoms with Crippen molar-refractivity contribution >= 4 is 0 Å². The van der Waals surface area contributed by atoms with E-state index < -0.39 is 0 Å². The van der Waals surface area contributed by atoms with Gasteiger partial charge in [0.15, 0.2) is 0 Å². The molecule has 110 valence electrons. The molecule has 0 saturated heterocycles. The van der Waals surface area contributed by atoms with E-state index in [4.69, 9.17) is 0 Å². The zero-order valence-corrected chi connectivity index (χ0v) is 13.6. The van der Waals surface area contributed by atoms with Crippen LogP contribution in [0.25, 0.3) is 11.1 Å². The first-order valence-electron chi connectivity index (χ1n) is 7.87. The minimum absolute atomic E-state index is 0.286. The summed E-state index contributed by atoms with van der Waals surface area (Å²) in [7, 11) is 0. The van der Waals surface area contributed by atoms with Gasteiger partial charge in [0, 0.05) is 19.1 Å². The van der Waals surface area contributed by atoms with Crippen LogP contribution < -0.4 is 0 Å². The lowest BCUT2D eigenvalue weighted by atomic mass is 9.86. The summed E-state index contributed by atoms with van der Waals surface area (Å²) in [5.74, 6) is 0. The summed E-state index contributed by atoms with van der Waals surface area (Å²) < 4.78 is 0. The third-order valence-corrected chi connectivity index (χ3v) is 4.87. The Morgan fingerprint density at radius 2 is 1.24 bits per heavy atom. The summed E-state index contributed by atoms with van der Waals surface area (Å²) >= 11 is 0. The molecule has 3 rings (SSSR count). The molecule has 1 atom stereocenters. The number of nitrogens with zero attached hydrogens (tertiary/aromatic N) is 1. The van der Waals surface area contributed by atoms with Crippen LogP contribution in [0.2, 0.25) is 0 Å². The van der Waals surface area contributed by atoms with Gasteiger partial charge < -0.3 is 0 Å². The molecule has 0 N–H and O–H groups in total. The molecule has 2 aromatic rings. The Hall–Kier alpha value is -1.60. The Bertz CT molecular complexity index is 589. The average Bonchev–Trinajstić information content (AvgIpc) is 2.62. The van der Waals surface area contributed by atoms with Crippen LogP contribution in [0.15, 0.2) is 48.5 Å². The Kier molecular flexibility index (Phi) is 3.62. The highest BCUT2D eigenvalue weighted by molar-refractivity contribution is 5.71. The maximum atomic E-state index is 2.62. The van der Waals surface area contributed by atoms with Crippen LogP contribution in [0, 0.1) is 5.41 Å². The Morgan fingerprint density at radius 3 is 1.67 bits per heavy atom. The Labute approximate surface area is 128 Å². The van der Waals surface area contributed by atoms with Gasteiger partial charge in [-0.25, -0.2) is 0 Å². The van der Waals surface area contributed by atoms with Gasteiger partial charge >= 0.3 is 0 Å². The third kappa shape index (κ3) is 2.75. The SMILES string of the molecule is CC(N1Cc2ccccc2-c2ccccc2C1)C(C)(C)C. The van der Waals surface area contributed by atoms with Crippen LogP contribution in [0.5, 0.6) is 0 Å². The van der Waals surface area contributed by atoms with E-state index in [0.29, 0.717) is 6.04 Å². The molecule has 0 saturated carbocycles. The summed E-state index contributed by atoms with van der Waals surface area (Å²) in [5.41, 5.74) is 5.97. The predicted octanol–water partition coefficient (Wildman–Crippen LogP) is 5.10. The van der Waals surface area contributed by atoms with E-state index in [1.807, 2.05) is 0 Å². The molecule has 1 heteroatoms. The summed E-state index contributed by atoms with van der Waals surface area (Å²) in [6.07, 6.45) is 0. The number of fused-ring (bicyclic) bond motifs is 3. The van der Waals surface area contributed by atoms with E-state index in [9.17, 15) is 0 Å². The molecule has 0 amide bonds. The molecule has 1 unspecified atom stereocenters. The van der Waals surface area contributed by atoms with Gasteiger partial charge in [-0.15, -0.1) is 0 Å². The van der Waals surface area contributed by atoms with Gasteiger partial charge in [0.25, 0.3) is 0 Å². The van der Waals surface area contributed by atoms with E-state index in [1.54, 1.807) is 0 Å². The molecule has 1 nitrogen and oxygen atoms in total. The zero-order valence-electron chi connectivity index (χ0n) is 13.6.